The van der Waals surface area contributed by atoms with Crippen LogP contribution in [0.25, 0.3) is 0 Å². The van der Waals surface area contributed by atoms with E-state index in [1.807, 2.05) is 12.1 Å². The van der Waals surface area contributed by atoms with Gasteiger partial charge in [0.05, 0.1) is 17.2 Å². The van der Waals surface area contributed by atoms with Gasteiger partial charge in [-0.25, -0.2) is 4.98 Å². The number of hydrogen-bond donors (Lipinski definition) is 1. The lowest BCUT2D eigenvalue weighted by molar-refractivity contribution is 0.102. The van der Waals surface area contributed by atoms with Crippen molar-refractivity contribution in [1.82, 2.24) is 9.88 Å². The molecular formula is C24H23N5O. The maximum Gasteiger partial charge on any atom is 0.257 e. The molecule has 2 aromatic carbocycles. The zero-order valence-corrected chi connectivity index (χ0v) is 16.7. The van der Waals surface area contributed by atoms with E-state index in [-0.39, 0.29) is 5.91 Å². The fourth-order valence-corrected chi connectivity index (χ4v) is 3.52. The molecule has 1 N–H and O–H groups in total. The summed E-state index contributed by atoms with van der Waals surface area (Å²) in [6.45, 7) is 4.76. The van der Waals surface area contributed by atoms with E-state index in [0.29, 0.717) is 16.8 Å². The molecule has 6 heteroatoms. The van der Waals surface area contributed by atoms with Crippen molar-refractivity contribution in [3.05, 3.63) is 89.6 Å². The Kier molecular flexibility index (Phi) is 6.02. The predicted octanol–water partition coefficient (Wildman–Crippen LogP) is 3.53. The lowest BCUT2D eigenvalue weighted by Gasteiger charge is -2.35. The molecule has 0 atom stereocenters. The van der Waals surface area contributed by atoms with Gasteiger partial charge in [0, 0.05) is 44.6 Å². The summed E-state index contributed by atoms with van der Waals surface area (Å²) in [4.78, 5) is 21.6. The third-order valence-electron chi connectivity index (χ3n) is 5.23. The Balaban J connectivity index is 1.31. The number of aromatic nitrogens is 1. The molecule has 1 aliphatic rings. The number of carbonyl (C=O) groups is 1. The Morgan fingerprint density at radius 1 is 0.967 bits per heavy atom. The van der Waals surface area contributed by atoms with Crippen LogP contribution >= 0.6 is 0 Å². The third-order valence-corrected chi connectivity index (χ3v) is 5.23. The first-order chi connectivity index (χ1) is 14.7. The number of rotatable bonds is 5. The molecule has 3 aromatic rings. The number of carbonyl (C=O) groups excluding carboxylic acids is 1. The van der Waals surface area contributed by atoms with Crippen LogP contribution in [0.2, 0.25) is 0 Å². The van der Waals surface area contributed by atoms with Crippen LogP contribution < -0.4 is 10.2 Å². The zero-order chi connectivity index (χ0) is 20.8. The van der Waals surface area contributed by atoms with E-state index in [1.54, 1.807) is 36.5 Å². The number of nitrogens with zero attached hydrogens (tertiary/aromatic N) is 4. The van der Waals surface area contributed by atoms with Gasteiger partial charge in [0.25, 0.3) is 5.91 Å². The molecular weight excluding hydrogens is 374 g/mol. The first-order valence-electron chi connectivity index (χ1n) is 10.00. The van der Waals surface area contributed by atoms with Crippen LogP contribution in [0.4, 0.5) is 11.5 Å². The van der Waals surface area contributed by atoms with Gasteiger partial charge >= 0.3 is 0 Å². The Labute approximate surface area is 176 Å². The summed E-state index contributed by atoms with van der Waals surface area (Å²) >= 11 is 0. The fourth-order valence-electron chi connectivity index (χ4n) is 3.52. The highest BCUT2D eigenvalue weighted by atomic mass is 16.1. The van der Waals surface area contributed by atoms with E-state index >= 15 is 0 Å². The van der Waals surface area contributed by atoms with Gasteiger partial charge in [-0.3, -0.25) is 9.69 Å². The lowest BCUT2D eigenvalue weighted by Crippen LogP contribution is -2.46. The van der Waals surface area contributed by atoms with Gasteiger partial charge in [-0.15, -0.1) is 0 Å². The number of anilines is 2. The summed E-state index contributed by atoms with van der Waals surface area (Å²) in [6, 6.07) is 23.1. The second-order valence-electron chi connectivity index (χ2n) is 7.30. The second kappa shape index (κ2) is 9.21. The van der Waals surface area contributed by atoms with Crippen molar-refractivity contribution in [1.29, 1.82) is 5.26 Å². The molecule has 0 radical (unpaired) electrons. The summed E-state index contributed by atoms with van der Waals surface area (Å²) in [5.74, 6) is 0.677. The smallest absolute Gasteiger partial charge is 0.257 e. The Morgan fingerprint density at radius 2 is 1.70 bits per heavy atom. The first kappa shape index (κ1) is 19.6. The number of piperazine rings is 1. The van der Waals surface area contributed by atoms with Gasteiger partial charge in [0.2, 0.25) is 0 Å². The molecule has 0 bridgehead atoms. The molecule has 0 unspecified atom stereocenters. The van der Waals surface area contributed by atoms with Gasteiger partial charge in [-0.05, 0) is 42.0 Å². The normalized spacial score (nSPS) is 14.2. The summed E-state index contributed by atoms with van der Waals surface area (Å²) in [5.41, 5.74) is 3.05. The van der Waals surface area contributed by atoms with E-state index in [0.717, 1.165) is 38.5 Å². The van der Waals surface area contributed by atoms with Crippen molar-refractivity contribution in [2.75, 3.05) is 36.4 Å². The van der Waals surface area contributed by atoms with E-state index < -0.39 is 0 Å². The predicted molar refractivity (Wildman–Crippen MR) is 117 cm³/mol. The van der Waals surface area contributed by atoms with Crippen LogP contribution in [0.1, 0.15) is 21.5 Å². The highest BCUT2D eigenvalue weighted by molar-refractivity contribution is 6.04. The minimum atomic E-state index is -0.216. The van der Waals surface area contributed by atoms with E-state index in [9.17, 15) is 4.79 Å². The quantitative estimate of drug-likeness (QED) is 0.713. The van der Waals surface area contributed by atoms with Crippen molar-refractivity contribution >= 4 is 17.4 Å². The first-order valence-corrected chi connectivity index (χ1v) is 10.00. The highest BCUT2D eigenvalue weighted by Gasteiger charge is 2.18. The van der Waals surface area contributed by atoms with Gasteiger partial charge < -0.3 is 10.2 Å². The van der Waals surface area contributed by atoms with Gasteiger partial charge in [-0.1, -0.05) is 30.3 Å². The second-order valence-corrected chi connectivity index (χ2v) is 7.30. The average Bonchev–Trinajstić information content (AvgIpc) is 2.81. The molecule has 0 spiro atoms. The number of amides is 1. The lowest BCUT2D eigenvalue weighted by atomic mass is 10.2. The molecule has 150 valence electrons. The minimum absolute atomic E-state index is 0.216. The largest absolute Gasteiger partial charge is 0.354 e. The molecule has 1 aromatic heterocycles. The Hall–Kier alpha value is -3.69. The molecule has 1 aliphatic heterocycles. The van der Waals surface area contributed by atoms with Crippen molar-refractivity contribution in [2.45, 2.75) is 6.54 Å². The molecule has 1 fully saturated rings. The average molecular weight is 397 g/mol. The SMILES string of the molecule is N#Cc1ccc(NC(=O)c2ccc(N3CCN(Cc4ccccc4)CC3)nc2)cc1. The van der Waals surface area contributed by atoms with Crippen LogP contribution in [0.3, 0.4) is 0 Å². The number of benzene rings is 2. The van der Waals surface area contributed by atoms with Crippen molar-refractivity contribution in [2.24, 2.45) is 0 Å². The summed E-state index contributed by atoms with van der Waals surface area (Å²) in [7, 11) is 0. The monoisotopic (exact) mass is 397 g/mol. The van der Waals surface area contributed by atoms with Crippen LogP contribution in [0.5, 0.6) is 0 Å². The van der Waals surface area contributed by atoms with Crippen molar-refractivity contribution < 1.29 is 4.79 Å². The molecule has 1 saturated heterocycles. The van der Waals surface area contributed by atoms with Crippen LogP contribution in [-0.4, -0.2) is 42.0 Å². The molecule has 0 aliphatic carbocycles. The maximum atomic E-state index is 12.4. The summed E-state index contributed by atoms with van der Waals surface area (Å²) < 4.78 is 0. The number of nitrogens with one attached hydrogen (secondary N) is 1. The van der Waals surface area contributed by atoms with Crippen LogP contribution in [0, 0.1) is 11.3 Å². The van der Waals surface area contributed by atoms with E-state index in [4.69, 9.17) is 5.26 Å². The number of hydrogen-bond acceptors (Lipinski definition) is 5. The third kappa shape index (κ3) is 4.83. The number of nitriles is 1. The van der Waals surface area contributed by atoms with Crippen molar-refractivity contribution in [3.8, 4) is 6.07 Å². The summed E-state index contributed by atoms with van der Waals surface area (Å²) in [6.07, 6.45) is 1.62. The zero-order valence-electron chi connectivity index (χ0n) is 16.7. The van der Waals surface area contributed by atoms with Gasteiger partial charge in [-0.2, -0.15) is 5.26 Å². The highest BCUT2D eigenvalue weighted by Crippen LogP contribution is 2.17. The Morgan fingerprint density at radius 3 is 2.33 bits per heavy atom. The van der Waals surface area contributed by atoms with Crippen LogP contribution in [-0.2, 0) is 6.54 Å². The standard InChI is InChI=1S/C24H23N5O/c25-16-19-6-9-22(10-7-19)27-24(30)21-8-11-23(26-17-21)29-14-12-28(13-15-29)18-20-4-2-1-3-5-20/h1-11,17H,12-15,18H2,(H,27,30). The molecule has 0 saturated carbocycles. The van der Waals surface area contributed by atoms with Gasteiger partial charge in [0.1, 0.15) is 5.82 Å². The molecule has 30 heavy (non-hydrogen) atoms. The summed E-state index contributed by atoms with van der Waals surface area (Å²) in [5, 5.41) is 11.7. The Bertz CT molecular complexity index is 1020. The number of pyridine rings is 1. The minimum Gasteiger partial charge on any atom is -0.354 e. The molecule has 2 heterocycles. The molecule has 6 nitrogen and oxygen atoms in total. The topological polar surface area (TPSA) is 72.3 Å². The van der Waals surface area contributed by atoms with Crippen LogP contribution in [0.15, 0.2) is 72.9 Å². The van der Waals surface area contributed by atoms with Crippen molar-refractivity contribution in [3.63, 3.8) is 0 Å². The molecule has 1 amide bonds. The van der Waals surface area contributed by atoms with E-state index in [2.05, 4.69) is 50.4 Å². The maximum absolute atomic E-state index is 12.4. The fraction of sp³-hybridized carbons (Fsp3) is 0.208. The molecule has 4 rings (SSSR count). The van der Waals surface area contributed by atoms with Gasteiger partial charge in [0.15, 0.2) is 0 Å². The van der Waals surface area contributed by atoms with E-state index in [1.165, 1.54) is 5.56 Å².